The van der Waals surface area contributed by atoms with Crippen LogP contribution in [0.3, 0.4) is 0 Å². The van der Waals surface area contributed by atoms with E-state index in [1.54, 1.807) is 6.07 Å². The number of carboxylic acids is 1. The van der Waals surface area contributed by atoms with E-state index >= 15 is 0 Å². The van der Waals surface area contributed by atoms with E-state index in [1.165, 1.54) is 19.3 Å². The minimum atomic E-state index is -0.842. The van der Waals surface area contributed by atoms with Gasteiger partial charge in [0, 0.05) is 19.1 Å². The second-order valence-corrected chi connectivity index (χ2v) is 8.12. The first-order valence-electron chi connectivity index (χ1n) is 7.83. The molecule has 2 atom stereocenters. The van der Waals surface area contributed by atoms with E-state index in [-0.39, 0.29) is 0 Å². The highest BCUT2D eigenvalue weighted by Crippen LogP contribution is 2.52. The molecule has 1 aliphatic heterocycles. The van der Waals surface area contributed by atoms with Crippen LogP contribution >= 0.6 is 0 Å². The number of carboxylic acid groups (broad SMARTS) is 1. The molecule has 1 heterocycles. The molecule has 2 unspecified atom stereocenters. The van der Waals surface area contributed by atoms with Gasteiger partial charge in [-0.25, -0.2) is 4.79 Å². The Labute approximate surface area is 127 Å². The highest BCUT2D eigenvalue weighted by atomic mass is 16.4. The summed E-state index contributed by atoms with van der Waals surface area (Å²) in [6.45, 7) is 9.18. The van der Waals surface area contributed by atoms with Crippen LogP contribution in [0.4, 0.5) is 0 Å². The van der Waals surface area contributed by atoms with E-state index in [0.29, 0.717) is 22.4 Å². The molecule has 0 amide bonds. The van der Waals surface area contributed by atoms with Crippen LogP contribution in [-0.4, -0.2) is 28.6 Å². The highest BCUT2D eigenvalue weighted by Gasteiger charge is 2.49. The smallest absolute Gasteiger partial charge is 0.335 e. The molecule has 3 nitrogen and oxygen atoms in total. The van der Waals surface area contributed by atoms with Crippen molar-refractivity contribution in [3.05, 3.63) is 35.4 Å². The molecular formula is C18H25NO2. The molecule has 1 N–H and O–H groups in total. The number of aromatic carboxylic acids is 1. The van der Waals surface area contributed by atoms with Crippen LogP contribution in [0.2, 0.25) is 0 Å². The van der Waals surface area contributed by atoms with Crippen molar-refractivity contribution >= 4 is 5.97 Å². The van der Waals surface area contributed by atoms with Crippen molar-refractivity contribution in [2.75, 3.05) is 6.54 Å². The van der Waals surface area contributed by atoms with Gasteiger partial charge in [-0.05, 0) is 47.8 Å². The number of nitrogens with zero attached hydrogens (tertiary/aromatic N) is 1. The normalized spacial score (nSPS) is 31.3. The number of rotatable bonds is 3. The maximum atomic E-state index is 11.1. The molecule has 3 heteroatoms. The van der Waals surface area contributed by atoms with E-state index < -0.39 is 5.97 Å². The Bertz CT molecular complexity index is 566. The van der Waals surface area contributed by atoms with E-state index in [1.807, 2.05) is 18.2 Å². The summed E-state index contributed by atoms with van der Waals surface area (Å²) in [7, 11) is 0. The summed E-state index contributed by atoms with van der Waals surface area (Å²) in [5.74, 6) is -0.842. The molecule has 114 valence electrons. The van der Waals surface area contributed by atoms with Gasteiger partial charge in [0.05, 0.1) is 5.56 Å². The van der Waals surface area contributed by atoms with Gasteiger partial charge >= 0.3 is 5.97 Å². The lowest BCUT2D eigenvalue weighted by molar-refractivity contribution is 0.0696. The number of hydrogen-bond donors (Lipinski definition) is 1. The summed E-state index contributed by atoms with van der Waals surface area (Å²) in [6, 6.07) is 8.03. The van der Waals surface area contributed by atoms with Crippen molar-refractivity contribution < 1.29 is 9.90 Å². The maximum Gasteiger partial charge on any atom is 0.335 e. The van der Waals surface area contributed by atoms with Crippen molar-refractivity contribution in [2.45, 2.75) is 52.6 Å². The zero-order valence-electron chi connectivity index (χ0n) is 13.2. The van der Waals surface area contributed by atoms with E-state index in [9.17, 15) is 4.79 Å². The molecule has 1 saturated heterocycles. The Morgan fingerprint density at radius 1 is 1.33 bits per heavy atom. The van der Waals surface area contributed by atoms with Gasteiger partial charge in [0.25, 0.3) is 0 Å². The third-order valence-electron chi connectivity index (χ3n) is 5.08. The minimum absolute atomic E-state index is 0.390. The van der Waals surface area contributed by atoms with E-state index in [4.69, 9.17) is 5.11 Å². The van der Waals surface area contributed by atoms with Crippen LogP contribution in [0.1, 0.15) is 56.0 Å². The summed E-state index contributed by atoms with van der Waals surface area (Å²) in [5.41, 5.74) is 2.36. The Hall–Kier alpha value is -1.35. The first-order valence-corrected chi connectivity index (χ1v) is 7.83. The van der Waals surface area contributed by atoms with Crippen LogP contribution in [0, 0.1) is 10.8 Å². The number of likely N-dealkylation sites (tertiary alicyclic amines) is 1. The molecule has 21 heavy (non-hydrogen) atoms. The van der Waals surface area contributed by atoms with Gasteiger partial charge in [0.15, 0.2) is 0 Å². The van der Waals surface area contributed by atoms with Crippen LogP contribution < -0.4 is 0 Å². The minimum Gasteiger partial charge on any atom is -0.478 e. The third kappa shape index (κ3) is 2.98. The quantitative estimate of drug-likeness (QED) is 0.919. The Morgan fingerprint density at radius 3 is 2.81 bits per heavy atom. The molecule has 0 spiro atoms. The summed E-state index contributed by atoms with van der Waals surface area (Å²) in [5, 5.41) is 9.12. The van der Waals surface area contributed by atoms with Crippen molar-refractivity contribution in [3.8, 4) is 0 Å². The standard InChI is InChI=1S/C18H25NO2/c1-17(2)8-15-9-18(3,11-17)12-19(15)10-13-5-4-6-14(7-13)16(20)21/h4-7,15H,8-12H2,1-3H3,(H,20,21). The molecule has 1 aromatic rings. The van der Waals surface area contributed by atoms with E-state index in [2.05, 4.69) is 25.7 Å². The van der Waals surface area contributed by atoms with Crippen molar-refractivity contribution in [1.29, 1.82) is 0 Å². The predicted octanol–water partition coefficient (Wildman–Crippen LogP) is 3.79. The lowest BCUT2D eigenvalue weighted by Crippen LogP contribution is -2.34. The summed E-state index contributed by atoms with van der Waals surface area (Å²) >= 11 is 0. The molecule has 2 bridgehead atoms. The first kappa shape index (κ1) is 14.6. The largest absolute Gasteiger partial charge is 0.478 e. The molecule has 3 rings (SSSR count). The van der Waals surface area contributed by atoms with Gasteiger partial charge in [-0.1, -0.05) is 32.9 Å². The van der Waals surface area contributed by atoms with Gasteiger partial charge in [-0.3, -0.25) is 4.90 Å². The molecule has 1 aromatic carbocycles. The number of carbonyl (C=O) groups is 1. The zero-order valence-corrected chi connectivity index (χ0v) is 13.2. The average Bonchev–Trinajstić information content (AvgIpc) is 2.58. The lowest BCUT2D eigenvalue weighted by atomic mass is 9.65. The van der Waals surface area contributed by atoms with Crippen molar-refractivity contribution in [3.63, 3.8) is 0 Å². The number of benzene rings is 1. The Morgan fingerprint density at radius 2 is 2.10 bits per heavy atom. The molecule has 2 fully saturated rings. The van der Waals surface area contributed by atoms with E-state index in [0.717, 1.165) is 18.7 Å². The van der Waals surface area contributed by atoms with Crippen LogP contribution in [0.25, 0.3) is 0 Å². The summed E-state index contributed by atoms with van der Waals surface area (Å²) in [6.07, 6.45) is 3.83. The fraction of sp³-hybridized carbons (Fsp3) is 0.611. The van der Waals surface area contributed by atoms with Crippen molar-refractivity contribution in [1.82, 2.24) is 4.90 Å². The molecule has 2 aliphatic rings. The van der Waals surface area contributed by atoms with Crippen molar-refractivity contribution in [2.24, 2.45) is 10.8 Å². The SMILES string of the molecule is CC1(C)CC2CC(C)(CN2Cc2cccc(C(=O)O)c2)C1. The van der Waals surface area contributed by atoms with Crippen LogP contribution in [0.5, 0.6) is 0 Å². The zero-order chi connectivity index (χ0) is 15.3. The summed E-state index contributed by atoms with van der Waals surface area (Å²) in [4.78, 5) is 13.7. The van der Waals surface area contributed by atoms with Gasteiger partial charge in [-0.2, -0.15) is 0 Å². The molecule has 0 radical (unpaired) electrons. The fourth-order valence-corrected chi connectivity index (χ4v) is 4.80. The molecular weight excluding hydrogens is 262 g/mol. The van der Waals surface area contributed by atoms with Gasteiger partial charge < -0.3 is 5.11 Å². The second-order valence-electron chi connectivity index (χ2n) is 8.12. The van der Waals surface area contributed by atoms with Crippen LogP contribution in [-0.2, 0) is 6.54 Å². The molecule has 1 saturated carbocycles. The monoisotopic (exact) mass is 287 g/mol. The van der Waals surface area contributed by atoms with Crippen LogP contribution in [0.15, 0.2) is 24.3 Å². The van der Waals surface area contributed by atoms with Gasteiger partial charge in [0.2, 0.25) is 0 Å². The topological polar surface area (TPSA) is 40.5 Å². The lowest BCUT2D eigenvalue weighted by Gasteiger charge is -2.40. The van der Waals surface area contributed by atoms with Gasteiger partial charge in [-0.15, -0.1) is 0 Å². The maximum absolute atomic E-state index is 11.1. The Balaban J connectivity index is 1.77. The molecule has 1 aliphatic carbocycles. The number of hydrogen-bond acceptors (Lipinski definition) is 2. The van der Waals surface area contributed by atoms with Gasteiger partial charge in [0.1, 0.15) is 0 Å². The second kappa shape index (κ2) is 4.84. The predicted molar refractivity (Wildman–Crippen MR) is 83.3 cm³/mol. The Kier molecular flexibility index (Phi) is 3.36. The highest BCUT2D eigenvalue weighted by molar-refractivity contribution is 5.87. The number of fused-ring (bicyclic) bond motifs is 2. The fourth-order valence-electron chi connectivity index (χ4n) is 4.80. The molecule has 0 aromatic heterocycles. The first-order chi connectivity index (χ1) is 9.76. The average molecular weight is 287 g/mol. The third-order valence-corrected chi connectivity index (χ3v) is 5.08. The summed E-state index contributed by atoms with van der Waals surface area (Å²) < 4.78 is 0.